The number of rotatable bonds is 6. The van der Waals surface area contributed by atoms with E-state index in [1.807, 2.05) is 19.1 Å². The Kier molecular flexibility index (Phi) is 5.31. The first kappa shape index (κ1) is 17.7. The van der Waals surface area contributed by atoms with E-state index in [0.29, 0.717) is 29.6 Å². The van der Waals surface area contributed by atoms with Crippen molar-refractivity contribution in [3.05, 3.63) is 65.6 Å². The van der Waals surface area contributed by atoms with Gasteiger partial charge in [-0.25, -0.2) is 4.39 Å². The van der Waals surface area contributed by atoms with Crippen LogP contribution in [0.15, 0.2) is 48.5 Å². The average Bonchev–Trinajstić information content (AvgIpc) is 3.04. The van der Waals surface area contributed by atoms with Crippen LogP contribution in [0.1, 0.15) is 35.8 Å². The molecule has 0 saturated carbocycles. The fraction of sp³-hybridized carbons (Fsp3) is 0.200. The van der Waals surface area contributed by atoms with Gasteiger partial charge in [-0.05, 0) is 48.4 Å². The number of carbonyl (C=O) groups is 2. The average molecular weight is 353 g/mol. The van der Waals surface area contributed by atoms with Gasteiger partial charge in [0.15, 0.2) is 0 Å². The number of H-pyrrole nitrogens is 1. The molecule has 5 nitrogen and oxygen atoms in total. The molecule has 0 aliphatic heterocycles. The molecule has 0 bridgehead atoms. The van der Waals surface area contributed by atoms with E-state index in [9.17, 15) is 14.0 Å². The molecule has 0 unspecified atom stereocenters. The Morgan fingerprint density at radius 2 is 1.85 bits per heavy atom. The summed E-state index contributed by atoms with van der Waals surface area (Å²) < 4.78 is 13.2. The third-order valence-electron chi connectivity index (χ3n) is 4.00. The first-order valence-electron chi connectivity index (χ1n) is 8.50. The molecule has 3 N–H and O–H groups in total. The molecule has 2 amide bonds. The first-order valence-corrected chi connectivity index (χ1v) is 8.50. The second-order valence-corrected chi connectivity index (χ2v) is 6.09. The number of halogens is 1. The van der Waals surface area contributed by atoms with Crippen LogP contribution in [0, 0.1) is 5.82 Å². The van der Waals surface area contributed by atoms with Gasteiger partial charge in [0.05, 0.1) is 0 Å². The van der Waals surface area contributed by atoms with Crippen LogP contribution in [0.4, 0.5) is 10.1 Å². The maximum atomic E-state index is 13.2. The normalized spacial score (nSPS) is 10.7. The third kappa shape index (κ3) is 4.27. The van der Waals surface area contributed by atoms with Crippen LogP contribution in [0.2, 0.25) is 0 Å². The Balaban J connectivity index is 1.59. The molecule has 0 radical (unpaired) electrons. The molecule has 0 aliphatic rings. The Hall–Kier alpha value is -3.15. The minimum absolute atomic E-state index is 0.0104. The summed E-state index contributed by atoms with van der Waals surface area (Å²) in [5, 5.41) is 6.29. The molecule has 0 saturated heterocycles. The molecule has 6 heteroatoms. The lowest BCUT2D eigenvalue weighted by molar-refractivity contribution is -0.116. The van der Waals surface area contributed by atoms with Gasteiger partial charge in [0, 0.05) is 29.6 Å². The number of benzene rings is 2. The standard InChI is InChI=1S/C20H20FN3O2/c1-2-3-19(25)23-16-7-4-13(5-8-16)12-22-20(26)18-11-14-10-15(21)6-9-17(14)24-18/h4-11,24H,2-3,12H2,1H3,(H,22,26)(H,23,25). The summed E-state index contributed by atoms with van der Waals surface area (Å²) in [7, 11) is 0. The molecular formula is C20H20FN3O2. The summed E-state index contributed by atoms with van der Waals surface area (Å²) in [6, 6.07) is 13.3. The van der Waals surface area contributed by atoms with Crippen LogP contribution in [0.25, 0.3) is 10.9 Å². The molecule has 134 valence electrons. The molecule has 1 heterocycles. The lowest BCUT2D eigenvalue weighted by atomic mass is 10.2. The fourth-order valence-corrected chi connectivity index (χ4v) is 2.66. The van der Waals surface area contributed by atoms with E-state index in [-0.39, 0.29) is 17.6 Å². The number of fused-ring (bicyclic) bond motifs is 1. The summed E-state index contributed by atoms with van der Waals surface area (Å²) in [6.45, 7) is 2.31. The number of hydrogen-bond acceptors (Lipinski definition) is 2. The molecule has 3 rings (SSSR count). The number of aromatic amines is 1. The van der Waals surface area contributed by atoms with Gasteiger partial charge >= 0.3 is 0 Å². The number of aromatic nitrogens is 1. The largest absolute Gasteiger partial charge is 0.351 e. The van der Waals surface area contributed by atoms with E-state index in [0.717, 1.165) is 17.7 Å². The Morgan fingerprint density at radius 1 is 1.08 bits per heavy atom. The van der Waals surface area contributed by atoms with Crippen molar-refractivity contribution in [3.8, 4) is 0 Å². The maximum Gasteiger partial charge on any atom is 0.267 e. The Labute approximate surface area is 150 Å². The lowest BCUT2D eigenvalue weighted by Crippen LogP contribution is -2.23. The second-order valence-electron chi connectivity index (χ2n) is 6.09. The van der Waals surface area contributed by atoms with Crippen LogP contribution in [-0.2, 0) is 11.3 Å². The Morgan fingerprint density at radius 3 is 2.58 bits per heavy atom. The van der Waals surface area contributed by atoms with Gasteiger partial charge in [-0.2, -0.15) is 0 Å². The highest BCUT2D eigenvalue weighted by molar-refractivity contribution is 5.98. The van der Waals surface area contributed by atoms with E-state index in [1.54, 1.807) is 24.3 Å². The van der Waals surface area contributed by atoms with Crippen molar-refractivity contribution in [2.75, 3.05) is 5.32 Å². The molecule has 0 spiro atoms. The SMILES string of the molecule is CCCC(=O)Nc1ccc(CNC(=O)c2cc3cc(F)ccc3[nH]2)cc1. The zero-order valence-electron chi connectivity index (χ0n) is 14.4. The first-order chi connectivity index (χ1) is 12.5. The quantitative estimate of drug-likeness (QED) is 0.627. The summed E-state index contributed by atoms with van der Waals surface area (Å²) in [5.41, 5.74) is 2.74. The van der Waals surface area contributed by atoms with Crippen LogP contribution >= 0.6 is 0 Å². The van der Waals surface area contributed by atoms with E-state index < -0.39 is 0 Å². The van der Waals surface area contributed by atoms with Gasteiger partial charge in [-0.3, -0.25) is 9.59 Å². The Bertz CT molecular complexity index is 932. The zero-order chi connectivity index (χ0) is 18.5. The van der Waals surface area contributed by atoms with E-state index in [4.69, 9.17) is 0 Å². The molecule has 0 atom stereocenters. The van der Waals surface area contributed by atoms with E-state index >= 15 is 0 Å². The van der Waals surface area contributed by atoms with Gasteiger partial charge in [0.1, 0.15) is 11.5 Å². The molecule has 2 aromatic carbocycles. The summed E-state index contributed by atoms with van der Waals surface area (Å²) in [5.74, 6) is -0.611. The summed E-state index contributed by atoms with van der Waals surface area (Å²) in [4.78, 5) is 26.8. The second kappa shape index (κ2) is 7.82. The van der Waals surface area contributed by atoms with Gasteiger partial charge in [0.25, 0.3) is 5.91 Å². The maximum absolute atomic E-state index is 13.2. The highest BCUT2D eigenvalue weighted by Gasteiger charge is 2.10. The highest BCUT2D eigenvalue weighted by atomic mass is 19.1. The number of anilines is 1. The third-order valence-corrected chi connectivity index (χ3v) is 4.00. The minimum Gasteiger partial charge on any atom is -0.351 e. The van der Waals surface area contributed by atoms with Crippen LogP contribution < -0.4 is 10.6 Å². The predicted molar refractivity (Wildman–Crippen MR) is 99.4 cm³/mol. The van der Waals surface area contributed by atoms with Crippen LogP contribution in [0.3, 0.4) is 0 Å². The highest BCUT2D eigenvalue weighted by Crippen LogP contribution is 2.17. The van der Waals surface area contributed by atoms with Crippen molar-refractivity contribution in [2.24, 2.45) is 0 Å². The van der Waals surface area contributed by atoms with E-state index in [2.05, 4.69) is 15.6 Å². The molecule has 3 aromatic rings. The smallest absolute Gasteiger partial charge is 0.267 e. The van der Waals surface area contributed by atoms with Crippen molar-refractivity contribution in [1.29, 1.82) is 0 Å². The fourth-order valence-electron chi connectivity index (χ4n) is 2.66. The van der Waals surface area contributed by atoms with Gasteiger partial charge in [0.2, 0.25) is 5.91 Å². The van der Waals surface area contributed by atoms with Gasteiger partial charge < -0.3 is 15.6 Å². The number of carbonyl (C=O) groups excluding carboxylic acids is 2. The van der Waals surface area contributed by atoms with E-state index in [1.165, 1.54) is 12.1 Å². The van der Waals surface area contributed by atoms with Crippen LogP contribution in [-0.4, -0.2) is 16.8 Å². The molecule has 0 fully saturated rings. The number of hydrogen-bond donors (Lipinski definition) is 3. The van der Waals surface area contributed by atoms with Gasteiger partial charge in [-0.1, -0.05) is 19.1 Å². The summed E-state index contributed by atoms with van der Waals surface area (Å²) >= 11 is 0. The van der Waals surface area contributed by atoms with Crippen molar-refractivity contribution >= 4 is 28.4 Å². The molecule has 26 heavy (non-hydrogen) atoms. The number of nitrogens with one attached hydrogen (secondary N) is 3. The van der Waals surface area contributed by atoms with Crippen LogP contribution in [0.5, 0.6) is 0 Å². The van der Waals surface area contributed by atoms with Gasteiger partial charge in [-0.15, -0.1) is 0 Å². The number of amides is 2. The minimum atomic E-state index is -0.338. The molecule has 1 aromatic heterocycles. The van der Waals surface area contributed by atoms with Crippen molar-refractivity contribution in [2.45, 2.75) is 26.3 Å². The van der Waals surface area contributed by atoms with Crippen molar-refractivity contribution < 1.29 is 14.0 Å². The van der Waals surface area contributed by atoms with Crippen molar-refractivity contribution in [1.82, 2.24) is 10.3 Å². The molecular weight excluding hydrogens is 333 g/mol. The summed E-state index contributed by atoms with van der Waals surface area (Å²) in [6.07, 6.45) is 1.29. The lowest BCUT2D eigenvalue weighted by Gasteiger charge is -2.07. The van der Waals surface area contributed by atoms with Crippen molar-refractivity contribution in [3.63, 3.8) is 0 Å². The topological polar surface area (TPSA) is 74.0 Å². The molecule has 0 aliphatic carbocycles. The predicted octanol–water partition coefficient (Wildman–Crippen LogP) is 3.98. The zero-order valence-corrected chi connectivity index (χ0v) is 14.4. The monoisotopic (exact) mass is 353 g/mol.